The maximum atomic E-state index is 11.9. The molecule has 1 aliphatic heterocycles. The van der Waals surface area contributed by atoms with Crippen LogP contribution in [0.2, 0.25) is 0 Å². The highest BCUT2D eigenvalue weighted by molar-refractivity contribution is 7.90. The second kappa shape index (κ2) is 3.51. The van der Waals surface area contributed by atoms with Crippen LogP contribution in [0, 0.1) is 11.3 Å². The van der Waals surface area contributed by atoms with Crippen molar-refractivity contribution in [1.82, 2.24) is 9.55 Å². The van der Waals surface area contributed by atoms with Crippen LogP contribution in [0.3, 0.4) is 0 Å². The van der Waals surface area contributed by atoms with Crippen molar-refractivity contribution in [2.24, 2.45) is 4.40 Å². The van der Waals surface area contributed by atoms with Crippen molar-refractivity contribution in [3.8, 4) is 6.07 Å². The average molecular weight is 258 g/mol. The zero-order valence-electron chi connectivity index (χ0n) is 8.98. The highest BCUT2D eigenvalue weighted by atomic mass is 32.2. The van der Waals surface area contributed by atoms with E-state index in [0.29, 0.717) is 5.56 Å². The first-order valence-corrected chi connectivity index (χ1v) is 6.46. The Hall–Kier alpha value is -2.46. The molecule has 6 nitrogen and oxygen atoms in total. The topological polar surface area (TPSA) is 88.1 Å². The van der Waals surface area contributed by atoms with Gasteiger partial charge >= 0.3 is 0 Å². The second-order valence-corrected chi connectivity index (χ2v) is 5.19. The fourth-order valence-corrected chi connectivity index (χ4v) is 3.02. The summed E-state index contributed by atoms with van der Waals surface area (Å²) >= 11 is 0. The van der Waals surface area contributed by atoms with E-state index >= 15 is 0 Å². The summed E-state index contributed by atoms with van der Waals surface area (Å²) in [5.41, 5.74) is 0.479. The SMILES string of the molecule is N#Cc1nccn1C1=NS(=O)(=O)c2ccccc21. The smallest absolute Gasteiger partial charge is 0.274 e. The molecule has 18 heavy (non-hydrogen) atoms. The van der Waals surface area contributed by atoms with Crippen LogP contribution < -0.4 is 0 Å². The standard InChI is InChI=1S/C11H6N4O2S/c12-7-10-13-5-6-15(10)11-8-3-1-2-4-9(8)18(16,17)14-11/h1-6H. The number of fused-ring (bicyclic) bond motifs is 1. The Bertz CT molecular complexity index is 812. The van der Waals surface area contributed by atoms with Crippen LogP contribution in [-0.4, -0.2) is 23.8 Å². The molecule has 0 bridgehead atoms. The zero-order valence-corrected chi connectivity index (χ0v) is 9.79. The molecule has 3 rings (SSSR count). The first-order chi connectivity index (χ1) is 8.63. The van der Waals surface area contributed by atoms with Gasteiger partial charge in [-0.3, -0.25) is 4.57 Å². The number of nitriles is 1. The number of benzene rings is 1. The maximum absolute atomic E-state index is 11.9. The minimum atomic E-state index is -3.68. The third kappa shape index (κ3) is 1.36. The Morgan fingerprint density at radius 3 is 2.83 bits per heavy atom. The van der Waals surface area contributed by atoms with Crippen molar-refractivity contribution in [3.63, 3.8) is 0 Å². The summed E-state index contributed by atoms with van der Waals surface area (Å²) in [6, 6.07) is 8.38. The Morgan fingerprint density at radius 1 is 1.28 bits per heavy atom. The van der Waals surface area contributed by atoms with Crippen LogP contribution in [0.5, 0.6) is 0 Å². The maximum Gasteiger partial charge on any atom is 0.285 e. The lowest BCUT2D eigenvalue weighted by atomic mass is 10.2. The highest BCUT2D eigenvalue weighted by Gasteiger charge is 2.30. The quantitative estimate of drug-likeness (QED) is 0.697. The number of nitrogens with zero attached hydrogens (tertiary/aromatic N) is 4. The molecule has 1 aliphatic rings. The lowest BCUT2D eigenvalue weighted by Gasteiger charge is -2.02. The fourth-order valence-electron chi connectivity index (χ4n) is 1.82. The molecule has 7 heteroatoms. The summed E-state index contributed by atoms with van der Waals surface area (Å²) in [4.78, 5) is 3.98. The monoisotopic (exact) mass is 258 g/mol. The molecular formula is C11H6N4O2S. The van der Waals surface area contributed by atoms with E-state index < -0.39 is 10.0 Å². The Balaban J connectivity index is 2.32. The number of rotatable bonds is 0. The Kier molecular flexibility index (Phi) is 2.09. The van der Waals surface area contributed by atoms with Gasteiger partial charge in [0, 0.05) is 18.0 Å². The molecule has 0 saturated carbocycles. The van der Waals surface area contributed by atoms with E-state index in [2.05, 4.69) is 9.38 Å². The number of hydrogen-bond donors (Lipinski definition) is 0. The van der Waals surface area contributed by atoms with Crippen LogP contribution in [0.15, 0.2) is 46.0 Å². The summed E-state index contributed by atoms with van der Waals surface area (Å²) in [5, 5.41) is 8.91. The van der Waals surface area contributed by atoms with Crippen molar-refractivity contribution >= 4 is 15.9 Å². The number of hydrogen-bond acceptors (Lipinski definition) is 4. The van der Waals surface area contributed by atoms with Crippen molar-refractivity contribution in [2.45, 2.75) is 4.90 Å². The van der Waals surface area contributed by atoms with Gasteiger partial charge in [-0.25, -0.2) is 4.98 Å². The highest BCUT2D eigenvalue weighted by Crippen LogP contribution is 2.26. The molecule has 88 valence electrons. The molecule has 0 saturated heterocycles. The van der Waals surface area contributed by atoms with Crippen molar-refractivity contribution in [3.05, 3.63) is 48.0 Å². The minimum absolute atomic E-state index is 0.0978. The van der Waals surface area contributed by atoms with Crippen LogP contribution in [0.4, 0.5) is 0 Å². The van der Waals surface area contributed by atoms with E-state index in [4.69, 9.17) is 5.26 Å². The lowest BCUT2D eigenvalue weighted by molar-refractivity contribution is 0.599. The predicted molar refractivity (Wildman–Crippen MR) is 62.5 cm³/mol. The molecule has 0 aliphatic carbocycles. The second-order valence-electron chi connectivity index (χ2n) is 3.62. The number of imidazole rings is 1. The van der Waals surface area contributed by atoms with Crippen LogP contribution >= 0.6 is 0 Å². The number of aromatic nitrogens is 2. The van der Waals surface area contributed by atoms with E-state index in [1.165, 1.54) is 23.0 Å². The first-order valence-electron chi connectivity index (χ1n) is 5.02. The van der Waals surface area contributed by atoms with Crippen molar-refractivity contribution < 1.29 is 8.42 Å². The third-order valence-corrected chi connectivity index (χ3v) is 3.91. The molecule has 0 radical (unpaired) electrons. The van der Waals surface area contributed by atoms with Gasteiger partial charge in [0.1, 0.15) is 11.0 Å². The molecule has 0 amide bonds. The van der Waals surface area contributed by atoms with Gasteiger partial charge in [-0.2, -0.15) is 13.7 Å². The molecule has 0 spiro atoms. The fraction of sp³-hybridized carbons (Fsp3) is 0. The normalized spacial score (nSPS) is 15.8. The zero-order chi connectivity index (χ0) is 12.8. The van der Waals surface area contributed by atoms with Crippen LogP contribution in [0.25, 0.3) is 0 Å². The van der Waals surface area contributed by atoms with Crippen LogP contribution in [0.1, 0.15) is 11.4 Å². The molecule has 1 aromatic carbocycles. The van der Waals surface area contributed by atoms with Gasteiger partial charge in [0.2, 0.25) is 5.82 Å². The molecule has 0 unspecified atom stereocenters. The Morgan fingerprint density at radius 2 is 2.06 bits per heavy atom. The molecule has 1 aromatic heterocycles. The molecule has 0 N–H and O–H groups in total. The van der Waals surface area contributed by atoms with Gasteiger partial charge in [0.15, 0.2) is 5.84 Å². The van der Waals surface area contributed by atoms with Crippen LogP contribution in [-0.2, 0) is 10.0 Å². The first kappa shape index (κ1) is 10.7. The summed E-state index contributed by atoms with van der Waals surface area (Å²) in [7, 11) is -3.68. The van der Waals surface area contributed by atoms with E-state index in [0.717, 1.165) is 0 Å². The summed E-state index contributed by atoms with van der Waals surface area (Å²) in [6.07, 6.45) is 2.93. The summed E-state index contributed by atoms with van der Waals surface area (Å²) < 4.78 is 28.8. The van der Waals surface area contributed by atoms with Gasteiger partial charge in [-0.1, -0.05) is 12.1 Å². The lowest BCUT2D eigenvalue weighted by Crippen LogP contribution is -2.12. The van der Waals surface area contributed by atoms with Crippen molar-refractivity contribution in [1.29, 1.82) is 5.26 Å². The van der Waals surface area contributed by atoms with E-state index in [1.54, 1.807) is 18.2 Å². The molecule has 2 heterocycles. The number of sulfonamides is 1. The largest absolute Gasteiger partial charge is 0.285 e. The predicted octanol–water partition coefficient (Wildman–Crippen LogP) is 0.752. The molecule has 0 atom stereocenters. The van der Waals surface area contributed by atoms with E-state index in [1.807, 2.05) is 6.07 Å². The van der Waals surface area contributed by atoms with Gasteiger partial charge in [0.05, 0.1) is 0 Å². The third-order valence-electron chi connectivity index (χ3n) is 2.58. The average Bonchev–Trinajstić information content (AvgIpc) is 2.92. The molecule has 2 aromatic rings. The van der Waals surface area contributed by atoms with Gasteiger partial charge < -0.3 is 0 Å². The summed E-state index contributed by atoms with van der Waals surface area (Å²) in [6.45, 7) is 0. The van der Waals surface area contributed by atoms with Gasteiger partial charge in [0.25, 0.3) is 10.0 Å². The minimum Gasteiger partial charge on any atom is -0.274 e. The van der Waals surface area contributed by atoms with E-state index in [9.17, 15) is 8.42 Å². The van der Waals surface area contributed by atoms with E-state index in [-0.39, 0.29) is 16.6 Å². The Labute approximate surface area is 103 Å². The molecular weight excluding hydrogens is 252 g/mol. The molecule has 0 fully saturated rings. The van der Waals surface area contributed by atoms with Crippen molar-refractivity contribution in [2.75, 3.05) is 0 Å². The van der Waals surface area contributed by atoms with Gasteiger partial charge in [-0.05, 0) is 12.1 Å². The van der Waals surface area contributed by atoms with Gasteiger partial charge in [-0.15, -0.1) is 4.40 Å². The summed E-state index contributed by atoms with van der Waals surface area (Å²) in [5.74, 6) is 0.306.